The van der Waals surface area contributed by atoms with E-state index in [1.54, 1.807) is 48.5 Å². The fourth-order valence-electron chi connectivity index (χ4n) is 2.94. The molecule has 0 spiro atoms. The molecule has 9 heteroatoms. The maximum atomic E-state index is 13.2. The lowest BCUT2D eigenvalue weighted by Crippen LogP contribution is -2.29. The van der Waals surface area contributed by atoms with E-state index in [4.69, 9.17) is 4.84 Å². The Bertz CT molecular complexity index is 1190. The number of tetrazole rings is 1. The van der Waals surface area contributed by atoms with Crippen LogP contribution in [0.15, 0.2) is 83.8 Å². The third-order valence-corrected chi connectivity index (χ3v) is 5.98. The molecule has 0 amide bonds. The molecule has 8 nitrogen and oxygen atoms in total. The van der Waals surface area contributed by atoms with E-state index in [9.17, 15) is 8.42 Å². The first kappa shape index (κ1) is 18.8. The molecule has 1 N–H and O–H groups in total. The van der Waals surface area contributed by atoms with Crippen LogP contribution >= 0.6 is 0 Å². The molecule has 4 aromatic rings. The topological polar surface area (TPSA) is 101 Å². The SMILES string of the molecule is CON(c1cccc(-c2nnn[nH]2)c1)S(=O)(=O)c1ccc(-c2ccccc2)cc1. The molecule has 146 valence electrons. The van der Waals surface area contributed by atoms with Crippen LogP contribution in [0.3, 0.4) is 0 Å². The molecule has 3 aromatic carbocycles. The van der Waals surface area contributed by atoms with Crippen LogP contribution < -0.4 is 4.47 Å². The predicted octanol–water partition coefficient (Wildman–Crippen LogP) is 3.29. The number of nitrogens with zero attached hydrogens (tertiary/aromatic N) is 4. The number of aromatic amines is 1. The lowest BCUT2D eigenvalue weighted by Gasteiger charge is -2.22. The van der Waals surface area contributed by atoms with Crippen molar-refractivity contribution in [2.45, 2.75) is 4.90 Å². The zero-order valence-corrected chi connectivity index (χ0v) is 16.2. The summed E-state index contributed by atoms with van der Waals surface area (Å²) >= 11 is 0. The van der Waals surface area contributed by atoms with Gasteiger partial charge in [-0.2, -0.15) is 8.42 Å². The van der Waals surface area contributed by atoms with E-state index in [1.165, 1.54) is 7.11 Å². The third-order valence-electron chi connectivity index (χ3n) is 4.32. The van der Waals surface area contributed by atoms with Crippen molar-refractivity contribution in [3.8, 4) is 22.5 Å². The molecule has 0 fully saturated rings. The second-order valence-electron chi connectivity index (χ2n) is 6.11. The fraction of sp³-hybridized carbons (Fsp3) is 0.0500. The Balaban J connectivity index is 1.67. The van der Waals surface area contributed by atoms with Crippen LogP contribution in [0.2, 0.25) is 0 Å². The summed E-state index contributed by atoms with van der Waals surface area (Å²) in [5, 5.41) is 13.6. The first-order valence-corrected chi connectivity index (χ1v) is 10.1. The van der Waals surface area contributed by atoms with Crippen molar-refractivity contribution in [2.24, 2.45) is 0 Å². The van der Waals surface area contributed by atoms with Gasteiger partial charge in [-0.1, -0.05) is 54.6 Å². The molecule has 0 radical (unpaired) electrons. The van der Waals surface area contributed by atoms with E-state index in [2.05, 4.69) is 20.6 Å². The first-order valence-electron chi connectivity index (χ1n) is 8.69. The molecule has 0 aliphatic rings. The van der Waals surface area contributed by atoms with Crippen LogP contribution in [0.25, 0.3) is 22.5 Å². The second kappa shape index (κ2) is 7.82. The lowest BCUT2D eigenvalue weighted by molar-refractivity contribution is 0.216. The van der Waals surface area contributed by atoms with Gasteiger partial charge in [0, 0.05) is 5.56 Å². The smallest absolute Gasteiger partial charge is 0.262 e. The summed E-state index contributed by atoms with van der Waals surface area (Å²) in [5.41, 5.74) is 2.89. The summed E-state index contributed by atoms with van der Waals surface area (Å²) in [7, 11) is -2.64. The summed E-state index contributed by atoms with van der Waals surface area (Å²) in [6.07, 6.45) is 0. The summed E-state index contributed by atoms with van der Waals surface area (Å²) in [6.45, 7) is 0. The first-order chi connectivity index (χ1) is 14.1. The number of H-pyrrole nitrogens is 1. The van der Waals surface area contributed by atoms with Crippen molar-refractivity contribution in [1.82, 2.24) is 20.6 Å². The van der Waals surface area contributed by atoms with E-state index in [0.717, 1.165) is 15.6 Å². The summed E-state index contributed by atoms with van der Waals surface area (Å²) in [4.78, 5) is 5.34. The van der Waals surface area contributed by atoms with Crippen LogP contribution in [0.1, 0.15) is 0 Å². The number of anilines is 1. The van der Waals surface area contributed by atoms with Gasteiger partial charge < -0.3 is 0 Å². The van der Waals surface area contributed by atoms with Gasteiger partial charge in [0.05, 0.1) is 17.7 Å². The van der Waals surface area contributed by atoms with Crippen LogP contribution in [0.4, 0.5) is 5.69 Å². The van der Waals surface area contributed by atoms with E-state index < -0.39 is 10.0 Å². The van der Waals surface area contributed by atoms with Gasteiger partial charge in [0.25, 0.3) is 10.0 Å². The summed E-state index contributed by atoms with van der Waals surface area (Å²) in [5.74, 6) is 0.424. The van der Waals surface area contributed by atoms with Crippen molar-refractivity contribution >= 4 is 15.7 Å². The largest absolute Gasteiger partial charge is 0.286 e. The Labute approximate surface area is 167 Å². The minimum Gasteiger partial charge on any atom is -0.262 e. The van der Waals surface area contributed by atoms with Gasteiger partial charge in [-0.15, -0.1) is 9.57 Å². The van der Waals surface area contributed by atoms with Crippen molar-refractivity contribution in [3.63, 3.8) is 0 Å². The highest BCUT2D eigenvalue weighted by Gasteiger charge is 2.26. The van der Waals surface area contributed by atoms with Crippen molar-refractivity contribution < 1.29 is 13.3 Å². The third kappa shape index (κ3) is 3.73. The minimum absolute atomic E-state index is 0.116. The number of hydrogen-bond acceptors (Lipinski definition) is 6. The molecule has 0 aliphatic carbocycles. The average molecular weight is 407 g/mol. The number of rotatable bonds is 6. The zero-order valence-electron chi connectivity index (χ0n) is 15.4. The van der Waals surface area contributed by atoms with E-state index in [-0.39, 0.29) is 4.90 Å². The number of aromatic nitrogens is 4. The van der Waals surface area contributed by atoms with Gasteiger partial charge in [0.1, 0.15) is 0 Å². The highest BCUT2D eigenvalue weighted by Crippen LogP contribution is 2.28. The van der Waals surface area contributed by atoms with Gasteiger partial charge in [0.15, 0.2) is 5.82 Å². The maximum Gasteiger partial charge on any atom is 0.286 e. The quantitative estimate of drug-likeness (QED) is 0.492. The number of sulfonamides is 1. The maximum absolute atomic E-state index is 13.2. The van der Waals surface area contributed by atoms with E-state index in [0.29, 0.717) is 17.1 Å². The molecule has 0 saturated carbocycles. The zero-order chi connectivity index (χ0) is 20.3. The van der Waals surface area contributed by atoms with Crippen molar-refractivity contribution in [3.05, 3.63) is 78.9 Å². The Hall–Kier alpha value is -3.56. The molecule has 0 saturated heterocycles. The van der Waals surface area contributed by atoms with Crippen molar-refractivity contribution in [1.29, 1.82) is 0 Å². The molecule has 1 heterocycles. The van der Waals surface area contributed by atoms with Gasteiger partial charge in [-0.25, -0.2) is 5.10 Å². The molecular weight excluding hydrogens is 390 g/mol. The van der Waals surface area contributed by atoms with Crippen LogP contribution in [-0.4, -0.2) is 36.2 Å². The van der Waals surface area contributed by atoms with Gasteiger partial charge in [-0.3, -0.25) is 4.84 Å². The standard InChI is InChI=1S/C20H17N5O3S/c1-28-25(18-9-5-8-17(14-18)20-21-23-24-22-20)29(26,27)19-12-10-16(11-13-19)15-6-3-2-4-7-15/h2-14H,1H3,(H,21,22,23,24). The molecule has 0 unspecified atom stereocenters. The molecule has 4 rings (SSSR count). The Kier molecular flexibility index (Phi) is 5.07. The minimum atomic E-state index is -3.94. The van der Waals surface area contributed by atoms with E-state index >= 15 is 0 Å². The Morgan fingerprint density at radius 1 is 0.862 bits per heavy atom. The predicted molar refractivity (Wildman–Crippen MR) is 108 cm³/mol. The van der Waals surface area contributed by atoms with Crippen LogP contribution in [0, 0.1) is 0 Å². The highest BCUT2D eigenvalue weighted by atomic mass is 32.2. The lowest BCUT2D eigenvalue weighted by atomic mass is 10.1. The second-order valence-corrected chi connectivity index (χ2v) is 7.86. The molecular formula is C20H17N5O3S. The van der Waals surface area contributed by atoms with Gasteiger partial charge in [-0.05, 0) is 45.8 Å². The van der Waals surface area contributed by atoms with Gasteiger partial charge >= 0.3 is 0 Å². The Morgan fingerprint density at radius 3 is 2.21 bits per heavy atom. The van der Waals surface area contributed by atoms with Gasteiger partial charge in [0.2, 0.25) is 0 Å². The highest BCUT2D eigenvalue weighted by molar-refractivity contribution is 7.92. The summed E-state index contributed by atoms with van der Waals surface area (Å²) in [6, 6.07) is 23.1. The normalized spacial score (nSPS) is 11.3. The number of hydrogen-bond donors (Lipinski definition) is 1. The fourth-order valence-corrected chi connectivity index (χ4v) is 4.20. The monoisotopic (exact) mass is 407 g/mol. The average Bonchev–Trinajstić information content (AvgIpc) is 3.30. The molecule has 29 heavy (non-hydrogen) atoms. The molecule has 1 aromatic heterocycles. The van der Waals surface area contributed by atoms with Crippen LogP contribution in [0.5, 0.6) is 0 Å². The van der Waals surface area contributed by atoms with Crippen LogP contribution in [-0.2, 0) is 14.9 Å². The molecule has 0 atom stereocenters. The summed E-state index contributed by atoms with van der Waals surface area (Å²) < 4.78 is 27.2. The molecule has 0 aliphatic heterocycles. The Morgan fingerprint density at radius 2 is 1.55 bits per heavy atom. The van der Waals surface area contributed by atoms with Crippen molar-refractivity contribution in [2.75, 3.05) is 11.6 Å². The number of nitrogens with one attached hydrogen (secondary N) is 1. The number of benzene rings is 3. The van der Waals surface area contributed by atoms with E-state index in [1.807, 2.05) is 30.3 Å². The molecule has 0 bridgehead atoms.